The van der Waals surface area contributed by atoms with Gasteiger partial charge < -0.3 is 24.8 Å². The molecule has 2 aliphatic heterocycles. The molecule has 5 rings (SSSR count). The molecule has 1 saturated carbocycles. The number of likely N-dealkylation sites (tertiary alicyclic amines) is 1. The van der Waals surface area contributed by atoms with Crippen LogP contribution < -0.4 is 10.1 Å². The minimum absolute atomic E-state index is 0.0315. The van der Waals surface area contributed by atoms with E-state index in [-0.39, 0.29) is 17.8 Å². The minimum Gasteiger partial charge on any atom is -0.465 e. The van der Waals surface area contributed by atoms with Crippen LogP contribution in [0.25, 0.3) is 0 Å². The van der Waals surface area contributed by atoms with Crippen molar-refractivity contribution in [3.8, 4) is 11.5 Å². The Kier molecular flexibility index (Phi) is 9.72. The lowest BCUT2D eigenvalue weighted by atomic mass is 9.77. The molecule has 2 aromatic carbocycles. The number of nitrogens with zero attached hydrogens (tertiary/aromatic N) is 2. The van der Waals surface area contributed by atoms with E-state index in [1.807, 2.05) is 29.2 Å². The minimum atomic E-state index is -0.869. The van der Waals surface area contributed by atoms with Crippen molar-refractivity contribution in [2.45, 2.75) is 94.9 Å². The lowest BCUT2D eigenvalue weighted by Crippen LogP contribution is -2.73. The van der Waals surface area contributed by atoms with Gasteiger partial charge in [0.15, 0.2) is 0 Å². The highest BCUT2D eigenvalue weighted by atomic mass is 16.5. The number of esters is 1. The number of hydrogen-bond acceptors (Lipinski definition) is 7. The highest BCUT2D eigenvalue weighted by molar-refractivity contribution is 6.00. The second-order valence-corrected chi connectivity index (χ2v) is 12.4. The lowest BCUT2D eigenvalue weighted by molar-refractivity contribution is -0.163. The maximum atomic E-state index is 13.8. The van der Waals surface area contributed by atoms with Crippen molar-refractivity contribution in [1.29, 1.82) is 0 Å². The SMILES string of the molecule is CCCCN1C(=O)[C@@H](CC2(O)CCCCC2)NC(=O)C12CCN(Cc1ccc(Oc3ccc(C(=O)OC)cc3)cc1)CC2. The summed E-state index contributed by atoms with van der Waals surface area (Å²) in [4.78, 5) is 43.4. The third-order valence-corrected chi connectivity index (χ3v) is 9.44. The van der Waals surface area contributed by atoms with Crippen LogP contribution in [0.15, 0.2) is 48.5 Å². The van der Waals surface area contributed by atoms with Crippen LogP contribution in [0.3, 0.4) is 0 Å². The topological polar surface area (TPSA) is 108 Å². The smallest absolute Gasteiger partial charge is 0.337 e. The molecule has 0 unspecified atom stereocenters. The van der Waals surface area contributed by atoms with Crippen LogP contribution in [0.4, 0.5) is 0 Å². The van der Waals surface area contributed by atoms with E-state index in [0.29, 0.717) is 68.8 Å². The molecule has 2 heterocycles. The molecular weight excluding hydrogens is 546 g/mol. The van der Waals surface area contributed by atoms with Gasteiger partial charge in [0.05, 0.1) is 18.3 Å². The van der Waals surface area contributed by atoms with Crippen molar-refractivity contribution in [3.05, 3.63) is 59.7 Å². The van der Waals surface area contributed by atoms with Crippen LogP contribution in [0.5, 0.6) is 11.5 Å². The van der Waals surface area contributed by atoms with Gasteiger partial charge in [-0.3, -0.25) is 14.5 Å². The second kappa shape index (κ2) is 13.5. The third-order valence-electron chi connectivity index (χ3n) is 9.44. The van der Waals surface area contributed by atoms with Crippen LogP contribution in [0.1, 0.15) is 87.1 Å². The summed E-state index contributed by atoms with van der Waals surface area (Å²) in [6.45, 7) is 4.84. The number of unbranched alkanes of at least 4 members (excludes halogenated alkanes) is 1. The number of amides is 2. The van der Waals surface area contributed by atoms with E-state index in [1.165, 1.54) is 7.11 Å². The summed E-state index contributed by atoms with van der Waals surface area (Å²) >= 11 is 0. The fourth-order valence-electron chi connectivity index (χ4n) is 6.86. The van der Waals surface area contributed by atoms with Gasteiger partial charge in [-0.25, -0.2) is 4.79 Å². The summed E-state index contributed by atoms with van der Waals surface area (Å²) in [5.41, 5.74) is -0.0893. The van der Waals surface area contributed by atoms with E-state index < -0.39 is 17.2 Å². The number of piperidine rings is 1. The number of carbonyl (C=O) groups is 3. The first kappa shape index (κ1) is 31.0. The number of carbonyl (C=O) groups excluding carboxylic acids is 3. The number of aliphatic hydroxyl groups is 1. The molecule has 2 amide bonds. The molecule has 3 fully saturated rings. The van der Waals surface area contributed by atoms with Gasteiger partial charge in [0.25, 0.3) is 0 Å². The molecule has 2 aromatic rings. The normalized spacial score (nSPS) is 21.8. The summed E-state index contributed by atoms with van der Waals surface area (Å²) in [5, 5.41) is 14.2. The Morgan fingerprint density at radius 3 is 2.19 bits per heavy atom. The van der Waals surface area contributed by atoms with E-state index in [2.05, 4.69) is 17.1 Å². The maximum absolute atomic E-state index is 13.8. The molecule has 2 saturated heterocycles. The van der Waals surface area contributed by atoms with Gasteiger partial charge in [0.1, 0.15) is 23.1 Å². The molecule has 1 atom stereocenters. The molecule has 1 aliphatic carbocycles. The van der Waals surface area contributed by atoms with Gasteiger partial charge in [0.2, 0.25) is 11.8 Å². The fraction of sp³-hybridized carbons (Fsp3) is 0.559. The Morgan fingerprint density at radius 1 is 0.953 bits per heavy atom. The number of methoxy groups -OCH3 is 1. The first-order valence-corrected chi connectivity index (χ1v) is 15.8. The fourth-order valence-corrected chi connectivity index (χ4v) is 6.86. The predicted molar refractivity (Wildman–Crippen MR) is 163 cm³/mol. The van der Waals surface area contributed by atoms with Gasteiger partial charge in [-0.15, -0.1) is 0 Å². The van der Waals surface area contributed by atoms with E-state index >= 15 is 0 Å². The molecule has 0 bridgehead atoms. The van der Waals surface area contributed by atoms with Gasteiger partial charge in [-0.1, -0.05) is 44.7 Å². The molecule has 232 valence electrons. The Morgan fingerprint density at radius 2 is 1.58 bits per heavy atom. The summed E-state index contributed by atoms with van der Waals surface area (Å²) in [6, 6.07) is 14.1. The zero-order valence-corrected chi connectivity index (χ0v) is 25.5. The summed E-state index contributed by atoms with van der Waals surface area (Å²) in [6.07, 6.45) is 7.72. The first-order valence-electron chi connectivity index (χ1n) is 15.8. The van der Waals surface area contributed by atoms with Crippen molar-refractivity contribution >= 4 is 17.8 Å². The summed E-state index contributed by atoms with van der Waals surface area (Å²) < 4.78 is 10.7. The standard InChI is InChI=1S/C34H45N3O6/c1-3-4-20-37-30(38)29(23-33(41)16-6-5-7-17-33)35-32(40)34(37)18-21-36(22-19-34)24-25-8-12-27(13-9-25)43-28-14-10-26(11-15-28)31(39)42-2/h8-15,29,41H,3-7,16-24H2,1-2H3,(H,35,40)/t29-/m1/s1. The molecule has 3 aliphatic rings. The van der Waals surface area contributed by atoms with Crippen molar-refractivity contribution in [2.24, 2.45) is 0 Å². The van der Waals surface area contributed by atoms with Gasteiger partial charge in [0, 0.05) is 32.6 Å². The quantitative estimate of drug-likeness (QED) is 0.382. The molecule has 0 aromatic heterocycles. The highest BCUT2D eigenvalue weighted by Gasteiger charge is 2.54. The van der Waals surface area contributed by atoms with Gasteiger partial charge in [-0.05, 0) is 74.1 Å². The molecule has 9 heteroatoms. The number of rotatable bonds is 10. The Hall–Kier alpha value is -3.43. The van der Waals surface area contributed by atoms with Crippen molar-refractivity contribution in [2.75, 3.05) is 26.7 Å². The zero-order valence-electron chi connectivity index (χ0n) is 25.5. The Labute approximate surface area is 254 Å². The number of ether oxygens (including phenoxy) is 2. The van der Waals surface area contributed by atoms with Crippen molar-refractivity contribution in [3.63, 3.8) is 0 Å². The molecular formula is C34H45N3O6. The zero-order chi connectivity index (χ0) is 30.5. The highest BCUT2D eigenvalue weighted by Crippen LogP contribution is 2.37. The van der Waals surface area contributed by atoms with Crippen LogP contribution in [-0.4, -0.2) is 76.6 Å². The van der Waals surface area contributed by atoms with Crippen LogP contribution >= 0.6 is 0 Å². The Balaban J connectivity index is 1.19. The van der Waals surface area contributed by atoms with Crippen molar-refractivity contribution < 1.29 is 29.0 Å². The average Bonchev–Trinajstić information content (AvgIpc) is 3.02. The summed E-state index contributed by atoms with van der Waals surface area (Å²) in [5.74, 6) is 0.847. The van der Waals surface area contributed by atoms with Crippen LogP contribution in [-0.2, 0) is 20.9 Å². The number of benzene rings is 2. The second-order valence-electron chi connectivity index (χ2n) is 12.4. The van der Waals surface area contributed by atoms with E-state index in [1.54, 1.807) is 24.3 Å². The average molecular weight is 592 g/mol. The largest absolute Gasteiger partial charge is 0.465 e. The van der Waals surface area contributed by atoms with Crippen molar-refractivity contribution in [1.82, 2.24) is 15.1 Å². The van der Waals surface area contributed by atoms with E-state index in [4.69, 9.17) is 9.47 Å². The lowest BCUT2D eigenvalue weighted by Gasteiger charge is -2.52. The molecule has 0 radical (unpaired) electrons. The monoisotopic (exact) mass is 591 g/mol. The summed E-state index contributed by atoms with van der Waals surface area (Å²) in [7, 11) is 1.35. The van der Waals surface area contributed by atoms with Gasteiger partial charge >= 0.3 is 5.97 Å². The Bertz CT molecular complexity index is 1260. The molecule has 43 heavy (non-hydrogen) atoms. The molecule has 2 N–H and O–H groups in total. The van der Waals surface area contributed by atoms with Crippen LogP contribution in [0, 0.1) is 0 Å². The van der Waals surface area contributed by atoms with E-state index in [0.717, 1.165) is 44.2 Å². The van der Waals surface area contributed by atoms with Gasteiger partial charge in [-0.2, -0.15) is 0 Å². The third kappa shape index (κ3) is 7.04. The predicted octanol–water partition coefficient (Wildman–Crippen LogP) is 4.81. The number of piperazine rings is 1. The number of nitrogens with one attached hydrogen (secondary N) is 1. The van der Waals surface area contributed by atoms with Crippen LogP contribution in [0.2, 0.25) is 0 Å². The van der Waals surface area contributed by atoms with E-state index in [9.17, 15) is 19.5 Å². The maximum Gasteiger partial charge on any atom is 0.337 e. The number of hydrogen-bond donors (Lipinski definition) is 2. The molecule has 1 spiro atoms. The molecule has 9 nitrogen and oxygen atoms in total. The first-order chi connectivity index (χ1) is 20.7.